The highest BCUT2D eigenvalue weighted by molar-refractivity contribution is 7.19. The molecule has 2 aromatic rings. The Morgan fingerprint density at radius 1 is 1.57 bits per heavy atom. The van der Waals surface area contributed by atoms with Crippen molar-refractivity contribution in [1.29, 1.82) is 0 Å². The Kier molecular flexibility index (Phi) is 2.65. The number of rotatable bonds is 1. The maximum absolute atomic E-state index is 5.80. The van der Waals surface area contributed by atoms with Gasteiger partial charge >= 0.3 is 0 Å². The van der Waals surface area contributed by atoms with Gasteiger partial charge in [0.15, 0.2) is 0 Å². The van der Waals surface area contributed by atoms with E-state index in [1.165, 1.54) is 11.3 Å². The van der Waals surface area contributed by atoms with Gasteiger partial charge in [0.05, 0.1) is 4.34 Å². The van der Waals surface area contributed by atoms with Gasteiger partial charge in [-0.3, -0.25) is 4.57 Å². The van der Waals surface area contributed by atoms with Gasteiger partial charge in [-0.05, 0) is 19.1 Å². The van der Waals surface area contributed by atoms with Crippen LogP contribution >= 0.6 is 22.9 Å². The van der Waals surface area contributed by atoms with Crippen molar-refractivity contribution in [3.63, 3.8) is 0 Å². The Hall–Kier alpha value is -1.13. The van der Waals surface area contributed by atoms with E-state index in [-0.39, 0.29) is 0 Å². The average Bonchev–Trinajstić information content (AvgIpc) is 2.75. The minimum absolute atomic E-state index is 0.752. The molecule has 2 rings (SSSR count). The quantitative estimate of drug-likeness (QED) is 0.542. The third kappa shape index (κ3) is 2.02. The van der Waals surface area contributed by atoms with Crippen molar-refractivity contribution >= 4 is 33.8 Å². The molecular weight excluding hydrogens is 218 g/mol. The largest absolute Gasteiger partial charge is 0.294 e. The summed E-state index contributed by atoms with van der Waals surface area (Å²) >= 11 is 7.26. The molecule has 0 unspecified atom stereocenters. The number of halogens is 1. The predicted octanol–water partition coefficient (Wildman–Crippen LogP) is 3.20. The van der Waals surface area contributed by atoms with Crippen LogP contribution in [0.1, 0.15) is 6.92 Å². The van der Waals surface area contributed by atoms with E-state index in [1.807, 2.05) is 29.8 Å². The molecule has 0 bridgehead atoms. The van der Waals surface area contributed by atoms with Crippen molar-refractivity contribution in [1.82, 2.24) is 9.55 Å². The zero-order valence-corrected chi connectivity index (χ0v) is 9.09. The van der Waals surface area contributed by atoms with Gasteiger partial charge in [-0.2, -0.15) is 0 Å². The minimum Gasteiger partial charge on any atom is -0.294 e. The van der Waals surface area contributed by atoms with Crippen LogP contribution in [0.4, 0.5) is 5.00 Å². The summed E-state index contributed by atoms with van der Waals surface area (Å²) in [5.41, 5.74) is 0. The van der Waals surface area contributed by atoms with Gasteiger partial charge in [-0.1, -0.05) is 11.6 Å². The van der Waals surface area contributed by atoms with Gasteiger partial charge in [0.2, 0.25) is 0 Å². The van der Waals surface area contributed by atoms with Gasteiger partial charge in [0.25, 0.3) is 0 Å². The molecule has 5 heteroatoms. The third-order valence-corrected chi connectivity index (χ3v) is 2.83. The molecule has 0 saturated carbocycles. The lowest BCUT2D eigenvalue weighted by molar-refractivity contribution is 1.11. The molecule has 0 fully saturated rings. The van der Waals surface area contributed by atoms with Crippen molar-refractivity contribution in [2.24, 2.45) is 4.99 Å². The minimum atomic E-state index is 0.752. The van der Waals surface area contributed by atoms with Crippen LogP contribution in [0.5, 0.6) is 0 Å². The first-order valence-electron chi connectivity index (χ1n) is 4.04. The SMILES string of the molecule is C/C(=N\c1ccc(Cl)s1)n1ccnc1. The molecule has 0 saturated heterocycles. The maximum atomic E-state index is 5.80. The van der Waals surface area contributed by atoms with E-state index in [2.05, 4.69) is 9.98 Å². The fourth-order valence-corrected chi connectivity index (χ4v) is 1.98. The summed E-state index contributed by atoms with van der Waals surface area (Å²) in [6, 6.07) is 3.74. The average molecular weight is 226 g/mol. The van der Waals surface area contributed by atoms with Gasteiger partial charge in [-0.25, -0.2) is 9.98 Å². The highest BCUT2D eigenvalue weighted by atomic mass is 35.5. The second-order valence-corrected chi connectivity index (χ2v) is 4.40. The fraction of sp³-hybridized carbons (Fsp3) is 0.111. The number of nitrogens with zero attached hydrogens (tertiary/aromatic N) is 3. The Morgan fingerprint density at radius 2 is 2.43 bits per heavy atom. The summed E-state index contributed by atoms with van der Waals surface area (Å²) in [5.74, 6) is 0.876. The molecule has 0 spiro atoms. The second-order valence-electron chi connectivity index (χ2n) is 2.71. The molecule has 2 heterocycles. The van der Waals surface area contributed by atoms with Crippen LogP contribution < -0.4 is 0 Å². The summed E-state index contributed by atoms with van der Waals surface area (Å²) < 4.78 is 2.61. The van der Waals surface area contributed by atoms with Crippen molar-refractivity contribution in [2.45, 2.75) is 6.92 Å². The smallest absolute Gasteiger partial charge is 0.119 e. The molecule has 14 heavy (non-hydrogen) atoms. The van der Waals surface area contributed by atoms with E-state index in [1.54, 1.807) is 12.5 Å². The van der Waals surface area contributed by atoms with Crippen molar-refractivity contribution in [3.05, 3.63) is 35.2 Å². The number of thiophene rings is 1. The van der Waals surface area contributed by atoms with Crippen LogP contribution in [0.3, 0.4) is 0 Å². The fourth-order valence-electron chi connectivity index (χ4n) is 1.03. The van der Waals surface area contributed by atoms with Gasteiger partial charge in [0, 0.05) is 12.4 Å². The molecule has 0 amide bonds. The van der Waals surface area contributed by atoms with E-state index in [4.69, 9.17) is 11.6 Å². The lowest BCUT2D eigenvalue weighted by Crippen LogP contribution is -2.02. The van der Waals surface area contributed by atoms with Gasteiger partial charge in [-0.15, -0.1) is 11.3 Å². The molecule has 0 aliphatic heterocycles. The molecule has 0 radical (unpaired) electrons. The van der Waals surface area contributed by atoms with Crippen LogP contribution in [0.15, 0.2) is 35.8 Å². The van der Waals surface area contributed by atoms with Crippen molar-refractivity contribution < 1.29 is 0 Å². The normalized spacial score (nSPS) is 12.0. The van der Waals surface area contributed by atoms with E-state index in [9.17, 15) is 0 Å². The zero-order chi connectivity index (χ0) is 9.97. The maximum Gasteiger partial charge on any atom is 0.119 e. The van der Waals surface area contributed by atoms with E-state index in [0.717, 1.165) is 15.2 Å². The van der Waals surface area contributed by atoms with Crippen molar-refractivity contribution in [3.8, 4) is 0 Å². The number of aromatic nitrogens is 2. The number of aliphatic imine (C=N–C) groups is 1. The number of hydrogen-bond donors (Lipinski definition) is 0. The standard InChI is InChI=1S/C9H8ClN3S/c1-7(13-5-4-11-6-13)12-9-3-2-8(10)14-9/h2-6H,1H3/b12-7+. The lowest BCUT2D eigenvalue weighted by Gasteiger charge is -1.98. The van der Waals surface area contributed by atoms with E-state index in [0.29, 0.717) is 0 Å². The second kappa shape index (κ2) is 3.94. The summed E-state index contributed by atoms with van der Waals surface area (Å²) in [6.07, 6.45) is 5.29. The summed E-state index contributed by atoms with van der Waals surface area (Å²) in [7, 11) is 0. The van der Waals surface area contributed by atoms with Crippen LogP contribution in [0, 0.1) is 0 Å². The molecule has 3 nitrogen and oxygen atoms in total. The summed E-state index contributed by atoms with van der Waals surface area (Å²) in [4.78, 5) is 8.35. The molecule has 0 N–H and O–H groups in total. The summed E-state index contributed by atoms with van der Waals surface area (Å²) in [6.45, 7) is 1.93. The van der Waals surface area contributed by atoms with Gasteiger partial charge < -0.3 is 0 Å². The van der Waals surface area contributed by atoms with Crippen LogP contribution in [0.25, 0.3) is 0 Å². The van der Waals surface area contributed by atoms with Crippen LogP contribution in [0.2, 0.25) is 4.34 Å². The van der Waals surface area contributed by atoms with Crippen LogP contribution in [-0.2, 0) is 0 Å². The highest BCUT2D eigenvalue weighted by Gasteiger charge is 1.98. The highest BCUT2D eigenvalue weighted by Crippen LogP contribution is 2.28. The van der Waals surface area contributed by atoms with Gasteiger partial charge in [0.1, 0.15) is 17.2 Å². The monoisotopic (exact) mass is 225 g/mol. The molecular formula is C9H8ClN3S. The molecule has 0 aliphatic carbocycles. The topological polar surface area (TPSA) is 30.2 Å². The third-order valence-electron chi connectivity index (χ3n) is 1.71. The van der Waals surface area contributed by atoms with Crippen LogP contribution in [-0.4, -0.2) is 15.4 Å². The molecule has 0 aliphatic rings. The molecule has 2 aromatic heterocycles. The first-order chi connectivity index (χ1) is 6.75. The predicted molar refractivity (Wildman–Crippen MR) is 59.7 cm³/mol. The number of imidazole rings is 1. The first kappa shape index (κ1) is 9.43. The Bertz CT molecular complexity index is 444. The lowest BCUT2D eigenvalue weighted by atomic mass is 10.6. The number of hydrogen-bond acceptors (Lipinski definition) is 3. The molecule has 0 aromatic carbocycles. The van der Waals surface area contributed by atoms with E-state index >= 15 is 0 Å². The Morgan fingerprint density at radius 3 is 3.00 bits per heavy atom. The molecule has 72 valence electrons. The Balaban J connectivity index is 2.27. The van der Waals surface area contributed by atoms with E-state index < -0.39 is 0 Å². The first-order valence-corrected chi connectivity index (χ1v) is 5.24. The summed E-state index contributed by atoms with van der Waals surface area (Å²) in [5, 5.41) is 0.904. The molecule has 0 atom stereocenters. The zero-order valence-electron chi connectivity index (χ0n) is 7.51. The Labute approximate surface area is 90.7 Å². The van der Waals surface area contributed by atoms with Crippen molar-refractivity contribution in [2.75, 3.05) is 0 Å².